The molecule has 0 amide bonds. The van der Waals surface area contributed by atoms with Crippen molar-refractivity contribution in [2.45, 2.75) is 32.7 Å². The molecular formula is C17H19BrNO+. The van der Waals surface area contributed by atoms with Crippen molar-refractivity contribution in [3.8, 4) is 0 Å². The second kappa shape index (κ2) is 5.88. The molecule has 0 bridgehead atoms. The summed E-state index contributed by atoms with van der Waals surface area (Å²) in [5.41, 5.74) is 2.14. The standard InChI is InChI=1S/C17H19BrNO/c1-17(2,3)14-8-10-19(11-9-14)12-16(20)13-4-6-15(18)7-5-13/h4-11H,12H2,1-3H3/q+1. The molecule has 0 unspecified atom stereocenters. The first-order chi connectivity index (χ1) is 9.36. The second-order valence-electron chi connectivity index (χ2n) is 5.94. The van der Waals surface area contributed by atoms with Gasteiger partial charge in [0, 0.05) is 22.2 Å². The first kappa shape index (κ1) is 14.9. The highest BCUT2D eigenvalue weighted by Gasteiger charge is 2.16. The molecule has 0 aliphatic carbocycles. The number of hydrogen-bond donors (Lipinski definition) is 0. The summed E-state index contributed by atoms with van der Waals surface area (Å²) < 4.78 is 2.90. The van der Waals surface area contributed by atoms with Gasteiger partial charge in [-0.1, -0.05) is 48.8 Å². The molecule has 0 N–H and O–H groups in total. The summed E-state index contributed by atoms with van der Waals surface area (Å²) in [5, 5.41) is 0. The van der Waals surface area contributed by atoms with Crippen molar-refractivity contribution in [1.29, 1.82) is 0 Å². The molecule has 0 saturated heterocycles. The fourth-order valence-corrected chi connectivity index (χ4v) is 2.22. The molecule has 2 nitrogen and oxygen atoms in total. The molecule has 2 aromatic rings. The van der Waals surface area contributed by atoms with Crippen molar-refractivity contribution in [2.75, 3.05) is 0 Å². The molecule has 0 atom stereocenters. The van der Waals surface area contributed by atoms with Gasteiger partial charge in [-0.15, -0.1) is 0 Å². The average Bonchev–Trinajstić information content (AvgIpc) is 2.39. The third-order valence-electron chi connectivity index (χ3n) is 3.25. The largest absolute Gasteiger partial charge is 0.287 e. The van der Waals surface area contributed by atoms with Crippen molar-refractivity contribution in [3.05, 3.63) is 64.4 Å². The minimum absolute atomic E-state index is 0.117. The molecule has 0 saturated carbocycles. The highest BCUT2D eigenvalue weighted by atomic mass is 79.9. The Hall–Kier alpha value is -1.48. The number of nitrogens with zero attached hydrogens (tertiary/aromatic N) is 1. The zero-order valence-corrected chi connectivity index (χ0v) is 13.6. The normalized spacial score (nSPS) is 11.4. The van der Waals surface area contributed by atoms with E-state index in [1.54, 1.807) is 0 Å². The molecule has 0 radical (unpaired) electrons. The molecule has 1 aromatic heterocycles. The molecule has 20 heavy (non-hydrogen) atoms. The van der Waals surface area contributed by atoms with E-state index < -0.39 is 0 Å². The fourth-order valence-electron chi connectivity index (χ4n) is 1.96. The molecule has 0 spiro atoms. The monoisotopic (exact) mass is 332 g/mol. The van der Waals surface area contributed by atoms with Gasteiger partial charge in [-0.3, -0.25) is 4.79 Å². The predicted octanol–water partition coefficient (Wildman–Crippen LogP) is 3.92. The molecule has 0 aliphatic rings. The van der Waals surface area contributed by atoms with Crippen LogP contribution in [0.4, 0.5) is 0 Å². The zero-order valence-electron chi connectivity index (χ0n) is 12.1. The number of rotatable bonds is 3. The van der Waals surface area contributed by atoms with Crippen LogP contribution in [0, 0.1) is 0 Å². The van der Waals surface area contributed by atoms with Crippen LogP contribution in [0.5, 0.6) is 0 Å². The summed E-state index contributed by atoms with van der Waals surface area (Å²) in [4.78, 5) is 12.2. The zero-order chi connectivity index (χ0) is 14.8. The summed E-state index contributed by atoms with van der Waals surface area (Å²) in [6.07, 6.45) is 3.94. The van der Waals surface area contributed by atoms with Crippen molar-refractivity contribution in [1.82, 2.24) is 0 Å². The van der Waals surface area contributed by atoms with Crippen molar-refractivity contribution >= 4 is 21.7 Å². The summed E-state index contributed by atoms with van der Waals surface area (Å²) >= 11 is 3.37. The van der Waals surface area contributed by atoms with E-state index >= 15 is 0 Å². The van der Waals surface area contributed by atoms with Crippen LogP contribution in [0.3, 0.4) is 0 Å². The second-order valence-corrected chi connectivity index (χ2v) is 6.85. The first-order valence-electron chi connectivity index (χ1n) is 6.64. The smallest absolute Gasteiger partial charge is 0.227 e. The number of hydrogen-bond acceptors (Lipinski definition) is 1. The van der Waals surface area contributed by atoms with Gasteiger partial charge in [-0.05, 0) is 23.1 Å². The third-order valence-corrected chi connectivity index (χ3v) is 3.78. The molecule has 1 heterocycles. The van der Waals surface area contributed by atoms with Gasteiger partial charge in [-0.25, -0.2) is 0 Å². The van der Waals surface area contributed by atoms with Crippen LogP contribution in [0.15, 0.2) is 53.3 Å². The Morgan fingerprint density at radius 1 is 1.05 bits per heavy atom. The highest BCUT2D eigenvalue weighted by Crippen LogP contribution is 2.20. The SMILES string of the molecule is CC(C)(C)c1cc[n+](CC(=O)c2ccc(Br)cc2)cc1. The van der Waals surface area contributed by atoms with E-state index in [0.29, 0.717) is 6.54 Å². The van der Waals surface area contributed by atoms with Crippen LogP contribution in [0.1, 0.15) is 36.7 Å². The van der Waals surface area contributed by atoms with Crippen LogP contribution in [-0.2, 0) is 12.0 Å². The fraction of sp³-hybridized carbons (Fsp3) is 0.294. The lowest BCUT2D eigenvalue weighted by Gasteiger charge is -2.17. The summed E-state index contributed by atoms with van der Waals surface area (Å²) in [6, 6.07) is 11.6. The Balaban J connectivity index is 2.10. The van der Waals surface area contributed by atoms with Crippen LogP contribution >= 0.6 is 15.9 Å². The number of benzene rings is 1. The van der Waals surface area contributed by atoms with E-state index in [4.69, 9.17) is 0 Å². The van der Waals surface area contributed by atoms with E-state index in [-0.39, 0.29) is 11.2 Å². The van der Waals surface area contributed by atoms with Crippen LogP contribution in [0.2, 0.25) is 0 Å². The van der Waals surface area contributed by atoms with E-state index in [0.717, 1.165) is 10.0 Å². The number of Topliss-reactive ketones (excluding diaryl/α,β-unsaturated/α-hetero) is 1. The predicted molar refractivity (Wildman–Crippen MR) is 83.8 cm³/mol. The van der Waals surface area contributed by atoms with Gasteiger partial charge in [0.15, 0.2) is 12.4 Å². The molecule has 3 heteroatoms. The number of carbonyl (C=O) groups excluding carboxylic acids is 1. The van der Waals surface area contributed by atoms with Gasteiger partial charge >= 0.3 is 0 Å². The topological polar surface area (TPSA) is 20.9 Å². The Labute approximate surface area is 128 Å². The van der Waals surface area contributed by atoms with Crippen molar-refractivity contribution in [2.24, 2.45) is 0 Å². The minimum Gasteiger partial charge on any atom is -0.287 e. The highest BCUT2D eigenvalue weighted by molar-refractivity contribution is 9.10. The van der Waals surface area contributed by atoms with E-state index in [2.05, 4.69) is 48.8 Å². The van der Waals surface area contributed by atoms with E-state index in [9.17, 15) is 4.79 Å². The molecule has 2 rings (SSSR count). The maximum Gasteiger partial charge on any atom is 0.227 e. The van der Waals surface area contributed by atoms with E-state index in [1.807, 2.05) is 41.2 Å². The number of ketones is 1. The Morgan fingerprint density at radius 3 is 2.10 bits per heavy atom. The quantitative estimate of drug-likeness (QED) is 0.616. The Bertz CT molecular complexity index is 594. The average molecular weight is 333 g/mol. The van der Waals surface area contributed by atoms with Gasteiger partial charge in [-0.2, -0.15) is 4.57 Å². The van der Waals surface area contributed by atoms with Crippen LogP contribution in [-0.4, -0.2) is 5.78 Å². The molecule has 0 fully saturated rings. The Morgan fingerprint density at radius 2 is 1.60 bits per heavy atom. The summed E-state index contributed by atoms with van der Waals surface area (Å²) in [6.45, 7) is 6.91. The maximum absolute atomic E-state index is 12.2. The molecule has 1 aromatic carbocycles. The molecular weight excluding hydrogens is 314 g/mol. The van der Waals surface area contributed by atoms with Gasteiger partial charge in [0.05, 0.1) is 0 Å². The molecule has 104 valence electrons. The lowest BCUT2D eigenvalue weighted by Crippen LogP contribution is -2.37. The number of halogens is 1. The number of aromatic nitrogens is 1. The van der Waals surface area contributed by atoms with Crippen LogP contribution < -0.4 is 4.57 Å². The van der Waals surface area contributed by atoms with Gasteiger partial charge in [0.1, 0.15) is 0 Å². The maximum atomic E-state index is 12.2. The van der Waals surface area contributed by atoms with Crippen LogP contribution in [0.25, 0.3) is 0 Å². The van der Waals surface area contributed by atoms with Crippen molar-refractivity contribution < 1.29 is 9.36 Å². The van der Waals surface area contributed by atoms with Gasteiger partial charge in [0.2, 0.25) is 12.3 Å². The van der Waals surface area contributed by atoms with Crippen molar-refractivity contribution in [3.63, 3.8) is 0 Å². The van der Waals surface area contributed by atoms with Gasteiger partial charge < -0.3 is 0 Å². The lowest BCUT2D eigenvalue weighted by atomic mass is 9.88. The summed E-state index contributed by atoms with van der Waals surface area (Å²) in [5.74, 6) is 0.117. The Kier molecular flexibility index (Phi) is 4.39. The minimum atomic E-state index is 0.117. The number of pyridine rings is 1. The van der Waals surface area contributed by atoms with Gasteiger partial charge in [0.25, 0.3) is 0 Å². The number of carbonyl (C=O) groups is 1. The molecule has 0 aliphatic heterocycles. The third kappa shape index (κ3) is 3.76. The first-order valence-corrected chi connectivity index (χ1v) is 7.44. The summed E-state index contributed by atoms with van der Waals surface area (Å²) in [7, 11) is 0. The van der Waals surface area contributed by atoms with E-state index in [1.165, 1.54) is 5.56 Å². The lowest BCUT2D eigenvalue weighted by molar-refractivity contribution is -0.683.